The van der Waals surface area contributed by atoms with Crippen LogP contribution in [-0.2, 0) is 4.79 Å². The van der Waals surface area contributed by atoms with E-state index in [9.17, 15) is 9.59 Å². The van der Waals surface area contributed by atoms with Gasteiger partial charge in [0, 0.05) is 56.3 Å². The number of nitrogens with zero attached hydrogens (tertiary/aromatic N) is 6. The number of nitrogens with one attached hydrogen (secondary N) is 2. The van der Waals surface area contributed by atoms with Crippen LogP contribution in [0.3, 0.4) is 0 Å². The molecule has 1 fully saturated rings. The maximum absolute atomic E-state index is 12.9. The second-order valence-corrected chi connectivity index (χ2v) is 9.61. The molecule has 5 rings (SSSR count). The Hall–Kier alpha value is -5.00. The molecule has 0 atom stereocenters. The normalized spacial score (nSPS) is 13.5. The highest BCUT2D eigenvalue weighted by atomic mass is 16.5. The molecule has 1 aliphatic heterocycles. The molecule has 0 aliphatic carbocycles. The summed E-state index contributed by atoms with van der Waals surface area (Å²) in [6.45, 7) is 1.94. The van der Waals surface area contributed by atoms with Crippen molar-refractivity contribution >= 4 is 17.8 Å². The molecule has 12 heteroatoms. The minimum Gasteiger partial charge on any atom is -0.497 e. The van der Waals surface area contributed by atoms with Crippen LogP contribution in [0.25, 0.3) is 17.1 Å². The first-order chi connectivity index (χ1) is 20.0. The van der Waals surface area contributed by atoms with Gasteiger partial charge in [-0.25, -0.2) is 14.6 Å². The lowest BCUT2D eigenvalue weighted by Crippen LogP contribution is -2.39. The Balaban J connectivity index is 1.16. The minimum atomic E-state index is -0.266. The van der Waals surface area contributed by atoms with E-state index in [0.29, 0.717) is 41.3 Å². The third kappa shape index (κ3) is 6.96. The van der Waals surface area contributed by atoms with Crippen LogP contribution < -0.4 is 25.0 Å². The van der Waals surface area contributed by atoms with Gasteiger partial charge in [-0.2, -0.15) is 10.1 Å². The standard InChI is InChI=1S/C29H32N8O4/c1-30-26(38)18-41-25-15-22(14-24(16-25)40-2)28(39)31-17-20-7-11-36(12-8-20)29-33-19-32-27(35-29)21-5-3-6-23(13-21)37-10-4-9-34-37/h3-6,9-10,13-16,19-20H,7-8,11-12,17-18H2,1-2H3,(H,30,38)(H,31,39). The Labute approximate surface area is 237 Å². The predicted molar refractivity (Wildman–Crippen MR) is 152 cm³/mol. The van der Waals surface area contributed by atoms with Crippen LogP contribution in [-0.4, -0.2) is 76.9 Å². The Kier molecular flexibility index (Phi) is 8.67. The highest BCUT2D eigenvalue weighted by Crippen LogP contribution is 2.25. The molecule has 0 bridgehead atoms. The van der Waals surface area contributed by atoms with Crippen molar-refractivity contribution in [3.05, 3.63) is 72.8 Å². The monoisotopic (exact) mass is 556 g/mol. The van der Waals surface area contributed by atoms with Gasteiger partial charge in [-0.15, -0.1) is 0 Å². The summed E-state index contributed by atoms with van der Waals surface area (Å²) in [5.74, 6) is 1.93. The molecule has 2 aromatic carbocycles. The third-order valence-electron chi connectivity index (χ3n) is 6.91. The largest absolute Gasteiger partial charge is 0.497 e. The van der Waals surface area contributed by atoms with E-state index in [2.05, 4.69) is 30.6 Å². The molecule has 1 saturated heterocycles. The summed E-state index contributed by atoms with van der Waals surface area (Å²) >= 11 is 0. The van der Waals surface area contributed by atoms with E-state index in [1.807, 2.05) is 36.5 Å². The van der Waals surface area contributed by atoms with E-state index in [4.69, 9.17) is 14.5 Å². The second-order valence-electron chi connectivity index (χ2n) is 9.61. The van der Waals surface area contributed by atoms with Crippen molar-refractivity contribution in [2.75, 3.05) is 45.3 Å². The first-order valence-corrected chi connectivity index (χ1v) is 13.4. The fourth-order valence-corrected chi connectivity index (χ4v) is 4.59. The lowest BCUT2D eigenvalue weighted by atomic mass is 9.97. The molecule has 212 valence electrons. The minimum absolute atomic E-state index is 0.149. The maximum Gasteiger partial charge on any atom is 0.257 e. The van der Waals surface area contributed by atoms with Gasteiger partial charge < -0.3 is 25.0 Å². The Morgan fingerprint density at radius 1 is 1.05 bits per heavy atom. The molecule has 12 nitrogen and oxygen atoms in total. The van der Waals surface area contributed by atoms with Gasteiger partial charge in [-0.1, -0.05) is 12.1 Å². The van der Waals surface area contributed by atoms with E-state index in [0.717, 1.165) is 37.2 Å². The molecule has 41 heavy (non-hydrogen) atoms. The summed E-state index contributed by atoms with van der Waals surface area (Å²) in [6.07, 6.45) is 6.95. The van der Waals surface area contributed by atoms with Crippen LogP contribution in [0.5, 0.6) is 11.5 Å². The highest BCUT2D eigenvalue weighted by molar-refractivity contribution is 5.95. The number of aromatic nitrogens is 5. The fraction of sp³-hybridized carbons (Fsp3) is 0.310. The molecule has 4 aromatic rings. The molecule has 2 amide bonds. The molecule has 3 heterocycles. The van der Waals surface area contributed by atoms with Crippen molar-refractivity contribution in [2.45, 2.75) is 12.8 Å². The van der Waals surface area contributed by atoms with Gasteiger partial charge in [0.15, 0.2) is 12.4 Å². The lowest BCUT2D eigenvalue weighted by molar-refractivity contribution is -0.122. The summed E-state index contributed by atoms with van der Waals surface area (Å²) in [7, 11) is 3.05. The van der Waals surface area contributed by atoms with Crippen molar-refractivity contribution in [1.82, 2.24) is 35.4 Å². The van der Waals surface area contributed by atoms with Gasteiger partial charge in [0.25, 0.3) is 11.8 Å². The molecule has 2 aromatic heterocycles. The Morgan fingerprint density at radius 3 is 2.63 bits per heavy atom. The van der Waals surface area contributed by atoms with Gasteiger partial charge in [-0.05, 0) is 49.1 Å². The zero-order valence-electron chi connectivity index (χ0n) is 23.0. The fourth-order valence-electron chi connectivity index (χ4n) is 4.59. The number of hydrogen-bond acceptors (Lipinski definition) is 9. The smallest absolute Gasteiger partial charge is 0.257 e. The SMILES string of the molecule is CNC(=O)COc1cc(OC)cc(C(=O)NCC2CCN(c3ncnc(-c4cccc(-n5cccn5)c4)n3)CC2)c1. The van der Waals surface area contributed by atoms with E-state index < -0.39 is 0 Å². The summed E-state index contributed by atoms with van der Waals surface area (Å²) in [5.41, 5.74) is 2.22. The van der Waals surface area contributed by atoms with Crippen LogP contribution in [0.2, 0.25) is 0 Å². The zero-order valence-corrected chi connectivity index (χ0v) is 23.0. The number of likely N-dealkylation sites (N-methyl/N-ethyl adjacent to an activating group) is 1. The quantitative estimate of drug-likeness (QED) is 0.302. The number of benzene rings is 2. The first-order valence-electron chi connectivity index (χ1n) is 13.4. The molecular formula is C29H32N8O4. The highest BCUT2D eigenvalue weighted by Gasteiger charge is 2.22. The summed E-state index contributed by atoms with van der Waals surface area (Å²) in [5, 5.41) is 9.82. The van der Waals surface area contributed by atoms with Crippen LogP contribution in [0.4, 0.5) is 5.95 Å². The van der Waals surface area contributed by atoms with Crippen LogP contribution >= 0.6 is 0 Å². The lowest BCUT2D eigenvalue weighted by Gasteiger charge is -2.32. The van der Waals surface area contributed by atoms with Crippen molar-refractivity contribution in [3.8, 4) is 28.6 Å². The zero-order chi connectivity index (χ0) is 28.6. The number of carbonyl (C=O) groups excluding carboxylic acids is 2. The molecule has 1 aliphatic rings. The average Bonchev–Trinajstić information content (AvgIpc) is 3.58. The summed E-state index contributed by atoms with van der Waals surface area (Å²) in [6, 6.07) is 14.7. The Bertz CT molecular complexity index is 1490. The van der Waals surface area contributed by atoms with Crippen molar-refractivity contribution in [2.24, 2.45) is 5.92 Å². The molecule has 0 unspecified atom stereocenters. The van der Waals surface area contributed by atoms with Crippen LogP contribution in [0.15, 0.2) is 67.3 Å². The van der Waals surface area contributed by atoms with E-state index >= 15 is 0 Å². The summed E-state index contributed by atoms with van der Waals surface area (Å²) < 4.78 is 12.6. The van der Waals surface area contributed by atoms with E-state index in [1.54, 1.807) is 35.4 Å². The predicted octanol–water partition coefficient (Wildman–Crippen LogP) is 2.50. The average molecular weight is 557 g/mol. The molecule has 2 N–H and O–H groups in total. The summed E-state index contributed by atoms with van der Waals surface area (Å²) in [4.78, 5) is 40.1. The Morgan fingerprint density at radius 2 is 1.88 bits per heavy atom. The number of carbonyl (C=O) groups is 2. The second kappa shape index (κ2) is 12.9. The van der Waals surface area contributed by atoms with Gasteiger partial charge in [0.1, 0.15) is 17.8 Å². The first kappa shape index (κ1) is 27.6. The van der Waals surface area contributed by atoms with Crippen molar-refractivity contribution in [3.63, 3.8) is 0 Å². The number of rotatable bonds is 10. The number of anilines is 1. The third-order valence-corrected chi connectivity index (χ3v) is 6.91. The van der Waals surface area contributed by atoms with Gasteiger partial charge in [-0.3, -0.25) is 9.59 Å². The van der Waals surface area contributed by atoms with Gasteiger partial charge in [0.2, 0.25) is 5.95 Å². The van der Waals surface area contributed by atoms with E-state index in [-0.39, 0.29) is 18.4 Å². The van der Waals surface area contributed by atoms with E-state index in [1.165, 1.54) is 14.2 Å². The topological polar surface area (TPSA) is 136 Å². The van der Waals surface area contributed by atoms with Gasteiger partial charge in [0.05, 0.1) is 12.8 Å². The van der Waals surface area contributed by atoms with Crippen LogP contribution in [0, 0.1) is 5.92 Å². The molecule has 0 saturated carbocycles. The number of amides is 2. The number of ether oxygens (including phenoxy) is 2. The molecular weight excluding hydrogens is 524 g/mol. The molecule has 0 spiro atoms. The van der Waals surface area contributed by atoms with Gasteiger partial charge >= 0.3 is 0 Å². The maximum atomic E-state index is 12.9. The number of piperidine rings is 1. The van der Waals surface area contributed by atoms with Crippen molar-refractivity contribution < 1.29 is 19.1 Å². The number of methoxy groups -OCH3 is 1. The van der Waals surface area contributed by atoms with Crippen LogP contribution in [0.1, 0.15) is 23.2 Å². The molecule has 0 radical (unpaired) electrons. The number of hydrogen-bond donors (Lipinski definition) is 2. The van der Waals surface area contributed by atoms with Crippen molar-refractivity contribution in [1.29, 1.82) is 0 Å².